The van der Waals surface area contributed by atoms with Crippen LogP contribution in [0, 0.1) is 5.92 Å². The van der Waals surface area contributed by atoms with Gasteiger partial charge in [0, 0.05) is 12.1 Å². The molecule has 4 N–H and O–H groups in total. The van der Waals surface area contributed by atoms with E-state index in [1.165, 1.54) is 0 Å². The number of hydrogen-bond acceptors (Lipinski definition) is 5. The van der Waals surface area contributed by atoms with Crippen molar-refractivity contribution < 1.29 is 20.1 Å². The van der Waals surface area contributed by atoms with Crippen molar-refractivity contribution in [3.8, 4) is 0 Å². The quantitative estimate of drug-likeness (QED) is 0.608. The number of aromatic nitrogens is 2. The van der Waals surface area contributed by atoms with Gasteiger partial charge in [0.15, 0.2) is 0 Å². The van der Waals surface area contributed by atoms with E-state index in [-0.39, 0.29) is 18.4 Å². The molecule has 0 bridgehead atoms. The lowest BCUT2D eigenvalue weighted by molar-refractivity contribution is -0.128. The predicted octanol–water partition coefficient (Wildman–Crippen LogP) is -0.0823. The monoisotopic (exact) mass is 311 g/mol. The highest BCUT2D eigenvalue weighted by molar-refractivity contribution is 5.78. The minimum absolute atomic E-state index is 0.217. The van der Waals surface area contributed by atoms with Crippen LogP contribution in [0.3, 0.4) is 0 Å². The molecule has 1 aromatic rings. The smallest absolute Gasteiger partial charge is 0.223 e. The van der Waals surface area contributed by atoms with E-state index < -0.39 is 24.3 Å². The Labute approximate surface area is 130 Å². The molecule has 22 heavy (non-hydrogen) atoms. The molecule has 2 rings (SSSR count). The molecule has 0 saturated carbocycles. The molecule has 1 aliphatic heterocycles. The van der Waals surface area contributed by atoms with Crippen LogP contribution in [-0.4, -0.2) is 49.6 Å². The zero-order valence-corrected chi connectivity index (χ0v) is 13.2. The van der Waals surface area contributed by atoms with Crippen LogP contribution < -0.4 is 5.32 Å². The van der Waals surface area contributed by atoms with Crippen LogP contribution >= 0.6 is 0 Å². The first kappa shape index (κ1) is 16.9. The van der Waals surface area contributed by atoms with Crippen LogP contribution in [0.25, 0.3) is 0 Å². The second-order valence-electron chi connectivity index (χ2n) is 6.12. The molecule has 1 aromatic heterocycles. The summed E-state index contributed by atoms with van der Waals surface area (Å²) in [6.45, 7) is 5.24. The number of carbonyl (C=O) groups is 1. The fourth-order valence-electron chi connectivity index (χ4n) is 2.74. The van der Waals surface area contributed by atoms with Crippen LogP contribution in [0.15, 0.2) is 6.20 Å². The number of fused-ring (bicyclic) bond motifs is 1. The molecule has 1 amide bonds. The maximum atomic E-state index is 12.0. The van der Waals surface area contributed by atoms with E-state index in [0.717, 1.165) is 18.5 Å². The van der Waals surface area contributed by atoms with Gasteiger partial charge in [0.1, 0.15) is 24.1 Å². The summed E-state index contributed by atoms with van der Waals surface area (Å²) >= 11 is 0. The number of rotatable bonds is 5. The summed E-state index contributed by atoms with van der Waals surface area (Å²) in [5.41, 5.74) is 0.820. The van der Waals surface area contributed by atoms with Gasteiger partial charge in [0.2, 0.25) is 5.91 Å². The lowest BCUT2D eigenvalue weighted by atomic mass is 9.93. The summed E-state index contributed by atoms with van der Waals surface area (Å²) in [5, 5.41) is 32.8. The van der Waals surface area contributed by atoms with Crippen molar-refractivity contribution in [2.45, 2.75) is 57.9 Å². The number of nitrogens with one attached hydrogen (secondary N) is 1. The van der Waals surface area contributed by atoms with Gasteiger partial charge in [-0.15, -0.1) is 0 Å². The largest absolute Gasteiger partial charge is 0.394 e. The van der Waals surface area contributed by atoms with E-state index in [9.17, 15) is 20.1 Å². The summed E-state index contributed by atoms with van der Waals surface area (Å²) < 4.78 is 1.67. The molecule has 1 aliphatic rings. The standard InChI is InChI=1S/C15H25N3O4/c1-4-5-9-6-18-10(7-19)12(20)13(21)11(14(18)16-9)17-15(22)8(2)3/h6,8,10-13,19-21H,4-5,7H2,1-3H3,(H,17,22)/t10?,11?,12-,13+/m0/s1. The highest BCUT2D eigenvalue weighted by Gasteiger charge is 2.43. The highest BCUT2D eigenvalue weighted by atomic mass is 16.3. The Morgan fingerprint density at radius 2 is 2.09 bits per heavy atom. The van der Waals surface area contributed by atoms with E-state index in [1.807, 2.05) is 6.92 Å². The van der Waals surface area contributed by atoms with E-state index in [0.29, 0.717) is 5.82 Å². The zero-order valence-electron chi connectivity index (χ0n) is 13.2. The van der Waals surface area contributed by atoms with E-state index in [1.54, 1.807) is 24.6 Å². The lowest BCUT2D eigenvalue weighted by Crippen LogP contribution is -2.52. The number of aryl methyl sites for hydroxylation is 1. The summed E-state index contributed by atoms with van der Waals surface area (Å²) in [7, 11) is 0. The molecule has 0 radical (unpaired) electrons. The fourth-order valence-corrected chi connectivity index (χ4v) is 2.74. The Morgan fingerprint density at radius 1 is 1.41 bits per heavy atom. The summed E-state index contributed by atoms with van der Waals surface area (Å²) in [6.07, 6.45) is 1.08. The molecule has 0 fully saturated rings. The van der Waals surface area contributed by atoms with Gasteiger partial charge < -0.3 is 25.2 Å². The average Bonchev–Trinajstić information content (AvgIpc) is 2.87. The Kier molecular flexibility index (Phi) is 5.20. The van der Waals surface area contributed by atoms with E-state index in [4.69, 9.17) is 0 Å². The Bertz CT molecular complexity index is 529. The minimum atomic E-state index is -1.20. The normalized spacial score (nSPS) is 27.8. The molecule has 7 heteroatoms. The van der Waals surface area contributed by atoms with Gasteiger partial charge in [-0.25, -0.2) is 4.98 Å². The van der Waals surface area contributed by atoms with Gasteiger partial charge >= 0.3 is 0 Å². The van der Waals surface area contributed by atoms with Gasteiger partial charge in [-0.3, -0.25) is 4.79 Å². The first-order valence-electron chi connectivity index (χ1n) is 7.75. The summed E-state index contributed by atoms with van der Waals surface area (Å²) in [4.78, 5) is 16.4. The first-order valence-corrected chi connectivity index (χ1v) is 7.75. The van der Waals surface area contributed by atoms with Crippen molar-refractivity contribution in [3.05, 3.63) is 17.7 Å². The third kappa shape index (κ3) is 3.02. The van der Waals surface area contributed by atoms with Crippen molar-refractivity contribution in [2.75, 3.05) is 6.61 Å². The number of aliphatic hydroxyl groups is 3. The van der Waals surface area contributed by atoms with Crippen LogP contribution in [-0.2, 0) is 11.2 Å². The summed E-state index contributed by atoms with van der Waals surface area (Å²) in [5.74, 6) is 0.0259. The molecule has 2 heterocycles. The van der Waals surface area contributed by atoms with Gasteiger partial charge in [-0.05, 0) is 6.42 Å². The van der Waals surface area contributed by atoms with Crippen molar-refractivity contribution in [2.24, 2.45) is 5.92 Å². The Hall–Kier alpha value is -1.44. The van der Waals surface area contributed by atoms with Crippen LogP contribution in [0.5, 0.6) is 0 Å². The summed E-state index contributed by atoms with van der Waals surface area (Å²) in [6, 6.07) is -1.44. The average molecular weight is 311 g/mol. The second kappa shape index (κ2) is 6.76. The number of nitrogens with zero attached hydrogens (tertiary/aromatic N) is 2. The molecular formula is C15H25N3O4. The zero-order chi connectivity index (χ0) is 16.4. The van der Waals surface area contributed by atoms with Crippen molar-refractivity contribution in [3.63, 3.8) is 0 Å². The Balaban J connectivity index is 2.39. The number of amides is 1. The van der Waals surface area contributed by atoms with Gasteiger partial charge in [-0.2, -0.15) is 0 Å². The molecule has 124 valence electrons. The van der Waals surface area contributed by atoms with Crippen molar-refractivity contribution in [1.29, 1.82) is 0 Å². The van der Waals surface area contributed by atoms with Gasteiger partial charge in [0.05, 0.1) is 18.3 Å². The SMILES string of the molecule is CCCc1cn2c(n1)C(NC(=O)C(C)C)[C@@H](O)[C@@H](O)C2CO. The molecule has 0 saturated heterocycles. The third-order valence-electron chi connectivity index (χ3n) is 4.05. The molecular weight excluding hydrogens is 286 g/mol. The predicted molar refractivity (Wildman–Crippen MR) is 80.1 cm³/mol. The molecule has 4 atom stereocenters. The minimum Gasteiger partial charge on any atom is -0.394 e. The van der Waals surface area contributed by atoms with E-state index in [2.05, 4.69) is 10.3 Å². The topological polar surface area (TPSA) is 108 Å². The van der Waals surface area contributed by atoms with Gasteiger partial charge in [0.25, 0.3) is 0 Å². The van der Waals surface area contributed by atoms with Crippen molar-refractivity contribution >= 4 is 5.91 Å². The molecule has 0 aromatic carbocycles. The van der Waals surface area contributed by atoms with Crippen LogP contribution in [0.1, 0.15) is 50.8 Å². The molecule has 7 nitrogen and oxygen atoms in total. The van der Waals surface area contributed by atoms with Crippen LogP contribution in [0.2, 0.25) is 0 Å². The molecule has 2 unspecified atom stereocenters. The van der Waals surface area contributed by atoms with Gasteiger partial charge in [-0.1, -0.05) is 27.2 Å². The second-order valence-corrected chi connectivity index (χ2v) is 6.12. The third-order valence-corrected chi connectivity index (χ3v) is 4.05. The lowest BCUT2D eigenvalue weighted by Gasteiger charge is -2.38. The van der Waals surface area contributed by atoms with Crippen LogP contribution in [0.4, 0.5) is 0 Å². The number of hydrogen-bond donors (Lipinski definition) is 4. The maximum Gasteiger partial charge on any atom is 0.223 e. The first-order chi connectivity index (χ1) is 10.4. The van der Waals surface area contributed by atoms with Crippen molar-refractivity contribution in [1.82, 2.24) is 14.9 Å². The number of carbonyl (C=O) groups excluding carboxylic acids is 1. The number of imidazole rings is 1. The number of aliphatic hydroxyl groups excluding tert-OH is 3. The molecule has 0 spiro atoms. The maximum absolute atomic E-state index is 12.0. The van der Waals surface area contributed by atoms with E-state index >= 15 is 0 Å². The fraction of sp³-hybridized carbons (Fsp3) is 0.733. The highest BCUT2D eigenvalue weighted by Crippen LogP contribution is 2.32. The Morgan fingerprint density at radius 3 is 2.64 bits per heavy atom. The molecule has 0 aliphatic carbocycles.